The van der Waals surface area contributed by atoms with Gasteiger partial charge in [0.25, 0.3) is 0 Å². The number of amides is 1. The molecule has 0 spiro atoms. The number of aromatic nitrogens is 3. The van der Waals surface area contributed by atoms with Crippen LogP contribution >= 0.6 is 0 Å². The predicted octanol–water partition coefficient (Wildman–Crippen LogP) is 2.95. The molecule has 1 aliphatic rings. The summed E-state index contributed by atoms with van der Waals surface area (Å²) in [4.78, 5) is 16.5. The third-order valence-corrected chi connectivity index (χ3v) is 6.34. The quantitative estimate of drug-likeness (QED) is 0.661. The second kappa shape index (κ2) is 12.0. The lowest BCUT2D eigenvalue weighted by Crippen LogP contribution is -2.47. The van der Waals surface area contributed by atoms with Crippen LogP contribution in [0.15, 0.2) is 30.5 Å². The Bertz CT molecular complexity index is 968. The zero-order valence-corrected chi connectivity index (χ0v) is 20.4. The molecule has 0 radical (unpaired) electrons. The van der Waals surface area contributed by atoms with Crippen molar-refractivity contribution in [2.45, 2.75) is 64.7 Å². The molecule has 11 heteroatoms. The van der Waals surface area contributed by atoms with E-state index in [1.54, 1.807) is 21.8 Å². The monoisotopic (exact) mass is 497 g/mol. The number of aliphatic hydroxyl groups excluding tert-OH is 1. The summed E-state index contributed by atoms with van der Waals surface area (Å²) in [7, 11) is 1.83. The summed E-state index contributed by atoms with van der Waals surface area (Å²) in [5.41, 5.74) is 0.680. The van der Waals surface area contributed by atoms with Crippen molar-refractivity contribution in [1.82, 2.24) is 24.8 Å². The summed E-state index contributed by atoms with van der Waals surface area (Å²) in [5, 5.41) is 17.8. The molecule has 0 saturated heterocycles. The smallest absolute Gasteiger partial charge is 0.394 e. The lowest BCUT2D eigenvalue weighted by molar-refractivity contribution is -0.138. The van der Waals surface area contributed by atoms with Crippen LogP contribution in [0.3, 0.4) is 0 Å². The van der Waals surface area contributed by atoms with Crippen LogP contribution in [-0.4, -0.2) is 74.7 Å². The van der Waals surface area contributed by atoms with Crippen LogP contribution in [-0.2, 0) is 35.4 Å². The molecule has 0 fully saturated rings. The van der Waals surface area contributed by atoms with Gasteiger partial charge in [0.15, 0.2) is 0 Å². The summed E-state index contributed by atoms with van der Waals surface area (Å²) in [6, 6.07) is 4.97. The number of rotatable bonds is 6. The van der Waals surface area contributed by atoms with Crippen LogP contribution in [0, 0.1) is 5.92 Å². The second-order valence-corrected chi connectivity index (χ2v) is 9.35. The molecule has 1 amide bonds. The van der Waals surface area contributed by atoms with Crippen molar-refractivity contribution in [3.63, 3.8) is 0 Å². The van der Waals surface area contributed by atoms with E-state index in [0.29, 0.717) is 44.6 Å². The lowest BCUT2D eigenvalue weighted by atomic mass is 10.0. The van der Waals surface area contributed by atoms with Gasteiger partial charge < -0.3 is 14.7 Å². The average molecular weight is 498 g/mol. The van der Waals surface area contributed by atoms with Gasteiger partial charge >= 0.3 is 6.18 Å². The van der Waals surface area contributed by atoms with Gasteiger partial charge in [-0.25, -0.2) is 4.68 Å². The van der Waals surface area contributed by atoms with E-state index in [2.05, 4.69) is 10.3 Å². The first-order chi connectivity index (χ1) is 16.6. The third-order valence-electron chi connectivity index (χ3n) is 6.34. The number of aryl methyl sites for hydroxylation is 1. The fourth-order valence-corrected chi connectivity index (χ4v) is 4.28. The Balaban J connectivity index is 1.78. The highest BCUT2D eigenvalue weighted by Crippen LogP contribution is 2.30. The molecule has 2 heterocycles. The highest BCUT2D eigenvalue weighted by Gasteiger charge is 2.31. The largest absolute Gasteiger partial charge is 0.416 e. The van der Waals surface area contributed by atoms with Crippen LogP contribution in [0.2, 0.25) is 0 Å². The minimum absolute atomic E-state index is 0.0447. The number of fused-ring (bicyclic) bond motifs is 1. The fourth-order valence-electron chi connectivity index (χ4n) is 4.28. The molecule has 1 aromatic heterocycles. The maximum Gasteiger partial charge on any atom is 0.416 e. The average Bonchev–Trinajstić information content (AvgIpc) is 3.25. The van der Waals surface area contributed by atoms with Crippen LogP contribution in [0.25, 0.3) is 0 Å². The Morgan fingerprint density at radius 3 is 2.83 bits per heavy atom. The first-order valence-electron chi connectivity index (χ1n) is 11.8. The molecule has 3 rings (SSSR count). The van der Waals surface area contributed by atoms with E-state index in [9.17, 15) is 23.1 Å². The molecule has 35 heavy (non-hydrogen) atoms. The van der Waals surface area contributed by atoms with Crippen molar-refractivity contribution in [2.24, 2.45) is 5.92 Å². The number of likely N-dealkylation sites (N-methyl/N-ethyl adjacent to an activating group) is 1. The molecule has 0 unspecified atom stereocenters. The number of carbonyl (C=O) groups excluding carboxylic acids is 1. The molecular weight excluding hydrogens is 463 g/mol. The Morgan fingerprint density at radius 2 is 2.11 bits per heavy atom. The number of hydrogen-bond acceptors (Lipinski definition) is 6. The number of carbonyl (C=O) groups is 1. The normalized spacial score (nSPS) is 21.4. The second-order valence-electron chi connectivity index (χ2n) is 9.35. The zero-order valence-electron chi connectivity index (χ0n) is 20.4. The van der Waals surface area contributed by atoms with Crippen molar-refractivity contribution in [3.05, 3.63) is 47.3 Å². The first kappa shape index (κ1) is 27.1. The summed E-state index contributed by atoms with van der Waals surface area (Å²) >= 11 is 0. The number of halogens is 3. The van der Waals surface area contributed by atoms with Gasteiger partial charge in [-0.05, 0) is 32.0 Å². The Kier molecular flexibility index (Phi) is 9.26. The Labute approximate surface area is 203 Å². The molecule has 1 aliphatic heterocycles. The van der Waals surface area contributed by atoms with Gasteiger partial charge in [0.2, 0.25) is 5.91 Å². The van der Waals surface area contributed by atoms with E-state index in [1.807, 2.05) is 25.8 Å². The number of aliphatic hydroxyl groups is 1. The number of alkyl halides is 3. The molecule has 3 atom stereocenters. The standard InChI is InChI=1S/C24H34F3N5O3/c1-17-12-31(18(2)15-33)23(34)8-5-9-32-21(11-28-29-32)16-35-22(17)14-30(3)13-19-6-4-7-20(10-19)24(25,26)27/h4,6-7,10-11,17-18,22,33H,5,8-9,12-16H2,1-3H3/t17-,18+,22-/m0/s1. The highest BCUT2D eigenvalue weighted by atomic mass is 19.4. The maximum atomic E-state index is 13.1. The van der Waals surface area contributed by atoms with Gasteiger partial charge in [0.05, 0.1) is 42.8 Å². The summed E-state index contributed by atoms with van der Waals surface area (Å²) in [6.45, 7) is 5.60. The molecule has 0 bridgehead atoms. The summed E-state index contributed by atoms with van der Waals surface area (Å²) in [6.07, 6.45) is -2.15. The third kappa shape index (κ3) is 7.49. The molecule has 8 nitrogen and oxygen atoms in total. The van der Waals surface area contributed by atoms with Gasteiger partial charge in [-0.3, -0.25) is 9.69 Å². The van der Waals surface area contributed by atoms with Crippen molar-refractivity contribution < 1.29 is 27.8 Å². The van der Waals surface area contributed by atoms with Crippen LogP contribution in [0.5, 0.6) is 0 Å². The lowest BCUT2D eigenvalue weighted by Gasteiger charge is -2.35. The van der Waals surface area contributed by atoms with Crippen LogP contribution in [0.1, 0.15) is 43.5 Å². The Morgan fingerprint density at radius 1 is 1.34 bits per heavy atom. The number of benzene rings is 1. The molecule has 2 aromatic rings. The zero-order chi connectivity index (χ0) is 25.6. The summed E-state index contributed by atoms with van der Waals surface area (Å²) in [5.74, 6) is -0.141. The first-order valence-corrected chi connectivity index (χ1v) is 11.8. The van der Waals surface area contributed by atoms with Gasteiger partial charge in [-0.15, -0.1) is 5.10 Å². The van der Waals surface area contributed by atoms with Gasteiger partial charge in [0.1, 0.15) is 0 Å². The highest BCUT2D eigenvalue weighted by molar-refractivity contribution is 5.76. The van der Waals surface area contributed by atoms with E-state index in [4.69, 9.17) is 4.74 Å². The fraction of sp³-hybridized carbons (Fsp3) is 0.625. The Hall–Kier alpha value is -2.50. The van der Waals surface area contributed by atoms with Crippen LogP contribution in [0.4, 0.5) is 13.2 Å². The summed E-state index contributed by atoms with van der Waals surface area (Å²) < 4.78 is 47.3. The number of ether oxygens (including phenoxy) is 1. The molecule has 0 aliphatic carbocycles. The van der Waals surface area contributed by atoms with E-state index < -0.39 is 11.7 Å². The minimum Gasteiger partial charge on any atom is -0.394 e. The minimum atomic E-state index is -4.39. The molecule has 1 N–H and O–H groups in total. The van der Waals surface area contributed by atoms with Crippen molar-refractivity contribution in [2.75, 3.05) is 26.7 Å². The maximum absolute atomic E-state index is 13.1. The topological polar surface area (TPSA) is 83.7 Å². The molecule has 194 valence electrons. The SMILES string of the molecule is C[C@H](CO)N1C[C@H](C)[C@H](CN(C)Cc2cccc(C(F)(F)F)c2)OCc2cnnn2CCCC1=O. The predicted molar refractivity (Wildman–Crippen MR) is 123 cm³/mol. The molecule has 0 saturated carbocycles. The molecule has 1 aromatic carbocycles. The van der Waals surface area contributed by atoms with E-state index in [-0.39, 0.29) is 37.2 Å². The van der Waals surface area contributed by atoms with Crippen molar-refractivity contribution in [1.29, 1.82) is 0 Å². The van der Waals surface area contributed by atoms with Gasteiger partial charge in [-0.1, -0.05) is 30.3 Å². The van der Waals surface area contributed by atoms with E-state index >= 15 is 0 Å². The van der Waals surface area contributed by atoms with E-state index in [1.165, 1.54) is 6.07 Å². The van der Waals surface area contributed by atoms with E-state index in [0.717, 1.165) is 17.8 Å². The van der Waals surface area contributed by atoms with Gasteiger partial charge in [0, 0.05) is 38.5 Å². The van der Waals surface area contributed by atoms with Crippen LogP contribution < -0.4 is 0 Å². The van der Waals surface area contributed by atoms with Crippen molar-refractivity contribution in [3.8, 4) is 0 Å². The van der Waals surface area contributed by atoms with Gasteiger partial charge in [-0.2, -0.15) is 13.2 Å². The van der Waals surface area contributed by atoms with Crippen molar-refractivity contribution >= 4 is 5.91 Å². The number of hydrogen-bond donors (Lipinski definition) is 1. The molecular formula is C24H34F3N5O3. The number of nitrogens with zero attached hydrogens (tertiary/aromatic N) is 5.